The maximum Gasteiger partial charge on any atom is 0.337 e. The van der Waals surface area contributed by atoms with Crippen molar-refractivity contribution >= 4 is 33.0 Å². The van der Waals surface area contributed by atoms with E-state index in [1.54, 1.807) is 32.0 Å². The van der Waals surface area contributed by atoms with E-state index >= 15 is 0 Å². The number of benzene rings is 1. The molecule has 2 aromatic rings. The van der Waals surface area contributed by atoms with Crippen molar-refractivity contribution in [2.24, 2.45) is 0 Å². The van der Waals surface area contributed by atoms with E-state index in [1.165, 1.54) is 17.4 Å². The number of hydrogen-bond donors (Lipinski definition) is 2. The normalized spacial score (nSPS) is 11.4. The molecule has 0 amide bonds. The van der Waals surface area contributed by atoms with E-state index in [-0.39, 0.29) is 16.1 Å². The Bertz CT molecular complexity index is 806. The molecular weight excluding hydrogens is 310 g/mol. The molecule has 1 aromatic carbocycles. The number of rotatable bonds is 4. The summed E-state index contributed by atoms with van der Waals surface area (Å²) >= 11 is 1.39. The number of carboxylic acids is 1. The number of sulfonamides is 1. The van der Waals surface area contributed by atoms with E-state index in [0.717, 1.165) is 4.88 Å². The van der Waals surface area contributed by atoms with Gasteiger partial charge in [-0.25, -0.2) is 13.2 Å². The third kappa shape index (κ3) is 3.08. The summed E-state index contributed by atoms with van der Waals surface area (Å²) in [6, 6.07) is 6.20. The van der Waals surface area contributed by atoms with Gasteiger partial charge in [0.1, 0.15) is 4.90 Å². The van der Waals surface area contributed by atoms with Crippen molar-refractivity contribution in [2.45, 2.75) is 25.7 Å². The smallest absolute Gasteiger partial charge is 0.337 e. The molecule has 5 nitrogen and oxygen atoms in total. The van der Waals surface area contributed by atoms with Gasteiger partial charge in [0.05, 0.1) is 11.3 Å². The fraction of sp³-hybridized carbons (Fsp3) is 0.214. The molecule has 0 bridgehead atoms. The summed E-state index contributed by atoms with van der Waals surface area (Å²) in [5.41, 5.74) is 0.597. The van der Waals surface area contributed by atoms with Gasteiger partial charge in [-0.15, -0.1) is 11.3 Å². The number of aromatic carboxylic acids is 1. The van der Waals surface area contributed by atoms with Crippen LogP contribution in [0.1, 0.15) is 25.7 Å². The van der Waals surface area contributed by atoms with E-state index in [2.05, 4.69) is 4.72 Å². The predicted octanol–water partition coefficient (Wildman–Crippen LogP) is 3.17. The molecule has 0 atom stereocenters. The molecule has 0 fully saturated rings. The minimum atomic E-state index is -3.80. The van der Waals surface area contributed by atoms with Crippen molar-refractivity contribution < 1.29 is 18.3 Å². The SMILES string of the molecule is Cc1cc(S(=O)(=O)Nc2c(C)cccc2C(=O)O)c(C)s1. The van der Waals surface area contributed by atoms with Gasteiger partial charge in [-0.05, 0) is 38.5 Å². The number of aryl methyl sites for hydroxylation is 3. The quantitative estimate of drug-likeness (QED) is 0.904. The zero-order valence-corrected chi connectivity index (χ0v) is 13.4. The van der Waals surface area contributed by atoms with E-state index < -0.39 is 16.0 Å². The van der Waals surface area contributed by atoms with Crippen LogP contribution in [-0.4, -0.2) is 19.5 Å². The monoisotopic (exact) mass is 325 g/mol. The highest BCUT2D eigenvalue weighted by Crippen LogP contribution is 2.29. The molecule has 0 aliphatic rings. The third-order valence-corrected chi connectivity index (χ3v) is 5.60. The van der Waals surface area contributed by atoms with E-state index in [1.807, 2.05) is 6.92 Å². The molecule has 0 radical (unpaired) electrons. The predicted molar refractivity (Wildman–Crippen MR) is 82.7 cm³/mol. The Morgan fingerprint density at radius 1 is 1.24 bits per heavy atom. The van der Waals surface area contributed by atoms with Gasteiger partial charge in [-0.2, -0.15) is 0 Å². The van der Waals surface area contributed by atoms with Crippen molar-refractivity contribution in [3.8, 4) is 0 Å². The first-order valence-electron chi connectivity index (χ1n) is 6.15. The van der Waals surface area contributed by atoms with Gasteiger partial charge < -0.3 is 5.11 Å². The number of anilines is 1. The molecule has 2 rings (SSSR count). The fourth-order valence-electron chi connectivity index (χ4n) is 2.05. The zero-order chi connectivity index (χ0) is 15.8. The Kier molecular flexibility index (Phi) is 4.06. The van der Waals surface area contributed by atoms with Gasteiger partial charge in [0.2, 0.25) is 0 Å². The average molecular weight is 325 g/mol. The Morgan fingerprint density at radius 3 is 2.43 bits per heavy atom. The topological polar surface area (TPSA) is 83.5 Å². The second kappa shape index (κ2) is 5.50. The molecule has 0 aliphatic carbocycles. The number of carboxylic acid groups (broad SMARTS) is 1. The van der Waals surface area contributed by atoms with Crippen LogP contribution in [-0.2, 0) is 10.0 Å². The summed E-state index contributed by atoms with van der Waals surface area (Å²) in [4.78, 5) is 13.0. The van der Waals surface area contributed by atoms with Crippen LogP contribution >= 0.6 is 11.3 Å². The molecule has 0 unspecified atom stereocenters. The standard InChI is InChI=1S/C14H15NO4S2/c1-8-5-4-6-11(14(16)17)13(8)15-21(18,19)12-7-9(2)20-10(12)3/h4-7,15H,1-3H3,(H,16,17). The van der Waals surface area contributed by atoms with Gasteiger partial charge in [0.15, 0.2) is 0 Å². The Balaban J connectivity index is 2.52. The minimum absolute atomic E-state index is 0.0665. The van der Waals surface area contributed by atoms with Crippen LogP contribution in [0, 0.1) is 20.8 Å². The molecular formula is C14H15NO4S2. The molecule has 21 heavy (non-hydrogen) atoms. The van der Waals surface area contributed by atoms with Gasteiger partial charge in [-0.3, -0.25) is 4.72 Å². The molecule has 112 valence electrons. The number of hydrogen-bond acceptors (Lipinski definition) is 4. The maximum atomic E-state index is 12.5. The highest BCUT2D eigenvalue weighted by molar-refractivity contribution is 7.93. The molecule has 0 saturated heterocycles. The summed E-state index contributed by atoms with van der Waals surface area (Å²) in [5.74, 6) is -1.17. The summed E-state index contributed by atoms with van der Waals surface area (Å²) < 4.78 is 27.3. The second-order valence-electron chi connectivity index (χ2n) is 4.69. The summed E-state index contributed by atoms with van der Waals surface area (Å²) in [7, 11) is -3.80. The van der Waals surface area contributed by atoms with E-state index in [9.17, 15) is 18.3 Å². The lowest BCUT2D eigenvalue weighted by Crippen LogP contribution is -2.16. The van der Waals surface area contributed by atoms with Gasteiger partial charge in [-0.1, -0.05) is 12.1 Å². The van der Waals surface area contributed by atoms with Crippen LogP contribution in [0.15, 0.2) is 29.2 Å². The Hall–Kier alpha value is -1.86. The van der Waals surface area contributed by atoms with Crippen molar-refractivity contribution in [3.63, 3.8) is 0 Å². The van der Waals surface area contributed by atoms with Crippen molar-refractivity contribution in [3.05, 3.63) is 45.1 Å². The second-order valence-corrected chi connectivity index (χ2v) is 7.80. The number of para-hydroxylation sites is 1. The number of carbonyl (C=O) groups is 1. The van der Waals surface area contributed by atoms with Crippen LogP contribution in [0.5, 0.6) is 0 Å². The average Bonchev–Trinajstić information content (AvgIpc) is 2.71. The number of thiophene rings is 1. The number of nitrogens with one attached hydrogen (secondary N) is 1. The molecule has 1 aromatic heterocycles. The minimum Gasteiger partial charge on any atom is -0.478 e. The van der Waals surface area contributed by atoms with E-state index in [4.69, 9.17) is 0 Å². The van der Waals surface area contributed by atoms with Crippen molar-refractivity contribution in [2.75, 3.05) is 4.72 Å². The summed E-state index contributed by atoms with van der Waals surface area (Å²) in [6.45, 7) is 5.21. The third-order valence-electron chi connectivity index (χ3n) is 3.02. The van der Waals surface area contributed by atoms with Crippen LogP contribution in [0.25, 0.3) is 0 Å². The Morgan fingerprint density at radius 2 is 1.90 bits per heavy atom. The molecule has 1 heterocycles. The summed E-state index contributed by atoms with van der Waals surface area (Å²) in [6.07, 6.45) is 0. The van der Waals surface area contributed by atoms with Crippen LogP contribution in [0.3, 0.4) is 0 Å². The van der Waals surface area contributed by atoms with Crippen LogP contribution < -0.4 is 4.72 Å². The van der Waals surface area contributed by atoms with Gasteiger partial charge in [0, 0.05) is 9.75 Å². The van der Waals surface area contributed by atoms with Crippen LogP contribution in [0.2, 0.25) is 0 Å². The lowest BCUT2D eigenvalue weighted by molar-refractivity contribution is 0.0698. The molecule has 0 saturated carbocycles. The van der Waals surface area contributed by atoms with Gasteiger partial charge in [0.25, 0.3) is 10.0 Å². The lowest BCUT2D eigenvalue weighted by atomic mass is 10.1. The van der Waals surface area contributed by atoms with Gasteiger partial charge >= 0.3 is 5.97 Å². The zero-order valence-electron chi connectivity index (χ0n) is 11.8. The first-order valence-corrected chi connectivity index (χ1v) is 8.45. The van der Waals surface area contributed by atoms with E-state index in [0.29, 0.717) is 10.4 Å². The Labute approximate surface area is 127 Å². The summed E-state index contributed by atoms with van der Waals surface area (Å²) in [5, 5.41) is 9.18. The fourth-order valence-corrected chi connectivity index (χ4v) is 4.75. The highest BCUT2D eigenvalue weighted by atomic mass is 32.2. The van der Waals surface area contributed by atoms with Crippen molar-refractivity contribution in [1.29, 1.82) is 0 Å². The molecule has 2 N–H and O–H groups in total. The van der Waals surface area contributed by atoms with Crippen LogP contribution in [0.4, 0.5) is 5.69 Å². The lowest BCUT2D eigenvalue weighted by Gasteiger charge is -2.13. The first-order chi connectivity index (χ1) is 9.72. The van der Waals surface area contributed by atoms with Crippen molar-refractivity contribution in [1.82, 2.24) is 0 Å². The largest absolute Gasteiger partial charge is 0.478 e. The molecule has 7 heteroatoms. The maximum absolute atomic E-state index is 12.5. The highest BCUT2D eigenvalue weighted by Gasteiger charge is 2.22. The first kappa shape index (κ1) is 15.5. The molecule has 0 spiro atoms. The molecule has 0 aliphatic heterocycles.